The number of esters is 1. The second-order valence-electron chi connectivity index (χ2n) is 5.23. The van der Waals surface area contributed by atoms with Crippen molar-refractivity contribution in [2.75, 3.05) is 19.7 Å². The first-order valence-corrected chi connectivity index (χ1v) is 6.87. The number of fused-ring (bicyclic) bond motifs is 2. The number of carbonyl (C=O) groups is 2. The topological polar surface area (TPSA) is 55.8 Å². The molecule has 0 spiro atoms. The summed E-state index contributed by atoms with van der Waals surface area (Å²) in [6, 6.07) is 0. The van der Waals surface area contributed by atoms with Gasteiger partial charge >= 0.3 is 12.1 Å². The first-order chi connectivity index (χ1) is 9.15. The summed E-state index contributed by atoms with van der Waals surface area (Å²) in [4.78, 5) is 25.0. The Labute approximate surface area is 113 Å². The van der Waals surface area contributed by atoms with Crippen LogP contribution in [0, 0.1) is 17.8 Å². The molecule has 5 nitrogen and oxygen atoms in total. The van der Waals surface area contributed by atoms with Crippen molar-refractivity contribution in [3.8, 4) is 0 Å². The minimum Gasteiger partial charge on any atom is -0.466 e. The van der Waals surface area contributed by atoms with Crippen LogP contribution in [0.15, 0.2) is 12.8 Å². The third-order valence-electron chi connectivity index (χ3n) is 4.18. The first-order valence-electron chi connectivity index (χ1n) is 6.87. The number of rotatable bonds is 4. The predicted molar refractivity (Wildman–Crippen MR) is 69.2 cm³/mol. The summed E-state index contributed by atoms with van der Waals surface area (Å²) < 4.78 is 9.84. The summed E-state index contributed by atoms with van der Waals surface area (Å²) in [5.74, 6) is 1.01. The van der Waals surface area contributed by atoms with E-state index in [1.807, 2.05) is 6.92 Å². The number of nitrogens with zero attached hydrogens (tertiary/aromatic N) is 1. The smallest absolute Gasteiger partial charge is 0.414 e. The second kappa shape index (κ2) is 6.08. The summed E-state index contributed by atoms with van der Waals surface area (Å²) in [5, 5.41) is 0. The van der Waals surface area contributed by atoms with Gasteiger partial charge < -0.3 is 14.4 Å². The normalized spacial score (nSPS) is 28.9. The van der Waals surface area contributed by atoms with Crippen molar-refractivity contribution in [2.45, 2.75) is 26.2 Å². The van der Waals surface area contributed by atoms with Crippen molar-refractivity contribution < 1.29 is 19.1 Å². The van der Waals surface area contributed by atoms with Crippen LogP contribution in [0.2, 0.25) is 0 Å². The van der Waals surface area contributed by atoms with Crippen LogP contribution in [-0.2, 0) is 14.3 Å². The molecular weight excluding hydrogens is 246 g/mol. The van der Waals surface area contributed by atoms with Crippen LogP contribution in [0.4, 0.5) is 4.79 Å². The van der Waals surface area contributed by atoms with Crippen LogP contribution < -0.4 is 0 Å². The highest BCUT2D eigenvalue weighted by Gasteiger charge is 2.44. The number of hydrogen-bond acceptors (Lipinski definition) is 4. The quantitative estimate of drug-likeness (QED) is 0.578. The molecule has 5 heteroatoms. The maximum Gasteiger partial charge on any atom is 0.414 e. The van der Waals surface area contributed by atoms with Crippen molar-refractivity contribution in [1.82, 2.24) is 4.90 Å². The van der Waals surface area contributed by atoms with Gasteiger partial charge in [0.25, 0.3) is 0 Å². The molecular formula is C14H21NO4. The highest BCUT2D eigenvalue weighted by Crippen LogP contribution is 2.43. The number of likely N-dealkylation sites (tertiary alicyclic amines) is 1. The molecule has 0 aromatic heterocycles. The van der Waals surface area contributed by atoms with Gasteiger partial charge in [0.2, 0.25) is 0 Å². The standard InChI is InChI=1S/C14H21NO4/c1-3-18-13(16)7-12-10-5-6-11(12)9-15(8-10)14(17)19-4-2/h4,10-12H,2-3,5-9H2,1H3. The minimum absolute atomic E-state index is 0.119. The molecule has 1 aliphatic heterocycles. The maximum absolute atomic E-state index is 11.7. The molecule has 1 aliphatic carbocycles. The summed E-state index contributed by atoms with van der Waals surface area (Å²) in [6.45, 7) is 6.99. The lowest BCUT2D eigenvalue weighted by atomic mass is 9.83. The number of carbonyl (C=O) groups excluding carboxylic acids is 2. The van der Waals surface area contributed by atoms with Gasteiger partial charge in [0.05, 0.1) is 12.9 Å². The van der Waals surface area contributed by atoms with E-state index in [-0.39, 0.29) is 12.1 Å². The van der Waals surface area contributed by atoms with Gasteiger partial charge in [-0.2, -0.15) is 0 Å². The van der Waals surface area contributed by atoms with Gasteiger partial charge in [0.1, 0.15) is 0 Å². The van der Waals surface area contributed by atoms with Gasteiger partial charge in [-0.1, -0.05) is 6.58 Å². The summed E-state index contributed by atoms with van der Waals surface area (Å²) in [6.07, 6.45) is 3.46. The first kappa shape index (κ1) is 13.9. The van der Waals surface area contributed by atoms with Gasteiger partial charge in [0.15, 0.2) is 0 Å². The SMILES string of the molecule is C=COC(=O)N1CC2CCC(C1)C2CC(=O)OCC. The molecule has 1 amide bonds. The van der Waals surface area contributed by atoms with E-state index in [1.54, 1.807) is 4.90 Å². The van der Waals surface area contributed by atoms with Crippen molar-refractivity contribution in [2.24, 2.45) is 17.8 Å². The molecule has 2 aliphatic rings. The summed E-state index contributed by atoms with van der Waals surface area (Å²) in [7, 11) is 0. The molecule has 0 aromatic carbocycles. The van der Waals surface area contributed by atoms with Crippen LogP contribution in [0.25, 0.3) is 0 Å². The Hall–Kier alpha value is -1.52. The Balaban J connectivity index is 1.93. The van der Waals surface area contributed by atoms with E-state index in [0.29, 0.717) is 43.9 Å². The van der Waals surface area contributed by atoms with Crippen LogP contribution in [0.3, 0.4) is 0 Å². The summed E-state index contributed by atoms with van der Waals surface area (Å²) in [5.41, 5.74) is 0. The number of piperidine rings is 1. The van der Waals surface area contributed by atoms with Crippen LogP contribution in [-0.4, -0.2) is 36.7 Å². The van der Waals surface area contributed by atoms with Gasteiger partial charge in [-0.15, -0.1) is 0 Å². The highest BCUT2D eigenvalue weighted by molar-refractivity contribution is 5.70. The van der Waals surface area contributed by atoms with Crippen molar-refractivity contribution in [3.05, 3.63) is 12.8 Å². The van der Waals surface area contributed by atoms with Crippen molar-refractivity contribution in [3.63, 3.8) is 0 Å². The molecule has 2 fully saturated rings. The van der Waals surface area contributed by atoms with E-state index in [4.69, 9.17) is 9.47 Å². The maximum atomic E-state index is 11.7. The lowest BCUT2D eigenvalue weighted by Crippen LogP contribution is -2.45. The Kier molecular flexibility index (Phi) is 4.45. The third-order valence-corrected chi connectivity index (χ3v) is 4.18. The van der Waals surface area contributed by atoms with Crippen molar-refractivity contribution >= 4 is 12.1 Å². The molecule has 0 aromatic rings. The zero-order chi connectivity index (χ0) is 13.8. The van der Waals surface area contributed by atoms with Crippen LogP contribution in [0.1, 0.15) is 26.2 Å². The molecule has 106 valence electrons. The number of ether oxygens (including phenoxy) is 2. The lowest BCUT2D eigenvalue weighted by molar-refractivity contribution is -0.145. The lowest BCUT2D eigenvalue weighted by Gasteiger charge is -2.36. The van der Waals surface area contributed by atoms with E-state index in [1.165, 1.54) is 0 Å². The third kappa shape index (κ3) is 3.08. The van der Waals surface area contributed by atoms with Gasteiger partial charge in [0, 0.05) is 19.5 Å². The Morgan fingerprint density at radius 3 is 2.47 bits per heavy atom. The van der Waals surface area contributed by atoms with Gasteiger partial charge in [-0.3, -0.25) is 4.79 Å². The molecule has 1 heterocycles. The Bertz CT molecular complexity index is 354. The fraction of sp³-hybridized carbons (Fsp3) is 0.714. The van der Waals surface area contributed by atoms with E-state index >= 15 is 0 Å². The van der Waals surface area contributed by atoms with Gasteiger partial charge in [-0.05, 0) is 37.5 Å². The molecule has 19 heavy (non-hydrogen) atoms. The minimum atomic E-state index is -0.332. The second-order valence-corrected chi connectivity index (χ2v) is 5.23. The average Bonchev–Trinajstić information content (AvgIpc) is 2.62. The van der Waals surface area contributed by atoms with E-state index in [0.717, 1.165) is 19.1 Å². The Morgan fingerprint density at radius 1 is 1.32 bits per heavy atom. The molecule has 1 saturated heterocycles. The molecule has 2 unspecified atom stereocenters. The van der Waals surface area contributed by atoms with E-state index in [9.17, 15) is 9.59 Å². The van der Waals surface area contributed by atoms with Crippen LogP contribution >= 0.6 is 0 Å². The average molecular weight is 267 g/mol. The molecule has 2 bridgehead atoms. The molecule has 0 N–H and O–H groups in total. The van der Waals surface area contributed by atoms with E-state index in [2.05, 4.69) is 6.58 Å². The highest BCUT2D eigenvalue weighted by atomic mass is 16.5. The fourth-order valence-electron chi connectivity index (χ4n) is 3.38. The Morgan fingerprint density at radius 2 is 1.95 bits per heavy atom. The number of hydrogen-bond donors (Lipinski definition) is 0. The monoisotopic (exact) mass is 267 g/mol. The van der Waals surface area contributed by atoms with E-state index < -0.39 is 0 Å². The largest absolute Gasteiger partial charge is 0.466 e. The molecule has 1 saturated carbocycles. The fourth-order valence-corrected chi connectivity index (χ4v) is 3.38. The predicted octanol–water partition coefficient (Wildman–Crippen LogP) is 2.18. The van der Waals surface area contributed by atoms with Crippen molar-refractivity contribution in [1.29, 1.82) is 0 Å². The molecule has 2 atom stereocenters. The van der Waals surface area contributed by atoms with Gasteiger partial charge in [-0.25, -0.2) is 4.79 Å². The number of amides is 1. The summed E-state index contributed by atoms with van der Waals surface area (Å²) >= 11 is 0. The zero-order valence-corrected chi connectivity index (χ0v) is 11.3. The molecule has 0 radical (unpaired) electrons. The molecule has 2 rings (SSSR count). The zero-order valence-electron chi connectivity index (χ0n) is 11.3. The van der Waals surface area contributed by atoms with Crippen LogP contribution in [0.5, 0.6) is 0 Å².